The van der Waals surface area contributed by atoms with Crippen LogP contribution in [0.1, 0.15) is 17.3 Å². The van der Waals surface area contributed by atoms with Crippen molar-refractivity contribution < 1.29 is 19.0 Å². The summed E-state index contributed by atoms with van der Waals surface area (Å²) in [5.74, 6) is 1.38. The van der Waals surface area contributed by atoms with Crippen LogP contribution in [0.2, 0.25) is 0 Å². The van der Waals surface area contributed by atoms with E-state index in [2.05, 4.69) is 9.97 Å². The quantitative estimate of drug-likeness (QED) is 0.787. The first-order valence-corrected chi connectivity index (χ1v) is 6.23. The predicted molar refractivity (Wildman–Crippen MR) is 77.1 cm³/mol. The molecule has 1 aromatic heterocycles. The van der Waals surface area contributed by atoms with Crippen LogP contribution in [0.4, 0.5) is 0 Å². The first-order chi connectivity index (χ1) is 10.1. The molecule has 2 rings (SSSR count). The van der Waals surface area contributed by atoms with Crippen LogP contribution in [0.25, 0.3) is 11.3 Å². The number of rotatable bonds is 5. The molecule has 0 fully saturated rings. The zero-order chi connectivity index (χ0) is 15.4. The number of methoxy groups -OCH3 is 3. The Kier molecular flexibility index (Phi) is 4.37. The highest BCUT2D eigenvalue weighted by molar-refractivity contribution is 5.99. The molecule has 1 heterocycles. The van der Waals surface area contributed by atoms with E-state index in [1.807, 2.05) is 0 Å². The van der Waals surface area contributed by atoms with Crippen molar-refractivity contribution in [3.8, 4) is 28.5 Å². The first-order valence-electron chi connectivity index (χ1n) is 6.23. The third-order valence-corrected chi connectivity index (χ3v) is 3.03. The molecule has 0 saturated heterocycles. The van der Waals surface area contributed by atoms with Gasteiger partial charge in [-0.25, -0.2) is 9.97 Å². The molecule has 0 aliphatic rings. The molecule has 0 aliphatic carbocycles. The summed E-state index contributed by atoms with van der Waals surface area (Å²) in [6, 6.07) is 3.49. The molecule has 0 atom stereocenters. The molecule has 1 aromatic carbocycles. The molecule has 110 valence electrons. The average molecular weight is 288 g/mol. The molecular formula is C15H16N2O4. The van der Waals surface area contributed by atoms with Gasteiger partial charge in [0.2, 0.25) is 5.75 Å². The molecule has 0 bridgehead atoms. The van der Waals surface area contributed by atoms with Crippen LogP contribution in [0, 0.1) is 0 Å². The number of ether oxygens (including phenoxy) is 3. The minimum Gasteiger partial charge on any atom is -0.493 e. The summed E-state index contributed by atoms with van der Waals surface area (Å²) in [5.41, 5.74) is 1.65. The van der Waals surface area contributed by atoms with Crippen molar-refractivity contribution in [3.05, 3.63) is 30.2 Å². The van der Waals surface area contributed by atoms with Crippen LogP contribution in [0.15, 0.2) is 24.7 Å². The predicted octanol–water partition coefficient (Wildman–Crippen LogP) is 2.37. The summed E-state index contributed by atoms with van der Waals surface area (Å²) < 4.78 is 15.9. The number of hydrogen-bond acceptors (Lipinski definition) is 6. The van der Waals surface area contributed by atoms with Gasteiger partial charge in [0.05, 0.1) is 32.6 Å². The van der Waals surface area contributed by atoms with Gasteiger partial charge in [-0.05, 0) is 19.1 Å². The molecule has 2 aromatic rings. The average Bonchev–Trinajstić information content (AvgIpc) is 2.53. The fourth-order valence-electron chi connectivity index (χ4n) is 2.04. The van der Waals surface area contributed by atoms with Gasteiger partial charge in [-0.2, -0.15) is 0 Å². The highest BCUT2D eigenvalue weighted by atomic mass is 16.5. The van der Waals surface area contributed by atoms with Gasteiger partial charge in [-0.3, -0.25) is 4.79 Å². The number of carbonyl (C=O) groups excluding carboxylic acids is 1. The molecule has 0 aliphatic heterocycles. The van der Waals surface area contributed by atoms with Gasteiger partial charge in [-0.1, -0.05) is 0 Å². The fraction of sp³-hybridized carbons (Fsp3) is 0.267. The van der Waals surface area contributed by atoms with E-state index in [1.165, 1.54) is 40.8 Å². The van der Waals surface area contributed by atoms with Crippen LogP contribution in [-0.4, -0.2) is 37.1 Å². The number of ketones is 1. The lowest BCUT2D eigenvalue weighted by atomic mass is 10.0. The van der Waals surface area contributed by atoms with Crippen molar-refractivity contribution in [2.75, 3.05) is 21.3 Å². The van der Waals surface area contributed by atoms with E-state index in [-0.39, 0.29) is 5.78 Å². The number of hydrogen-bond donors (Lipinski definition) is 0. The van der Waals surface area contributed by atoms with E-state index in [0.29, 0.717) is 34.1 Å². The van der Waals surface area contributed by atoms with Crippen molar-refractivity contribution in [2.24, 2.45) is 0 Å². The van der Waals surface area contributed by atoms with Crippen molar-refractivity contribution in [2.45, 2.75) is 6.92 Å². The molecule has 0 amide bonds. The Hall–Kier alpha value is -2.63. The maximum Gasteiger partial charge on any atom is 0.203 e. The zero-order valence-electron chi connectivity index (χ0n) is 12.3. The topological polar surface area (TPSA) is 70.5 Å². The monoisotopic (exact) mass is 288 g/mol. The van der Waals surface area contributed by atoms with Gasteiger partial charge in [0, 0.05) is 11.8 Å². The lowest BCUT2D eigenvalue weighted by Crippen LogP contribution is -2.01. The van der Waals surface area contributed by atoms with E-state index in [1.54, 1.807) is 12.1 Å². The van der Waals surface area contributed by atoms with Gasteiger partial charge in [0.25, 0.3) is 0 Å². The van der Waals surface area contributed by atoms with Crippen LogP contribution in [0.3, 0.4) is 0 Å². The summed E-state index contributed by atoms with van der Waals surface area (Å²) in [7, 11) is 4.60. The normalized spacial score (nSPS) is 10.1. The van der Waals surface area contributed by atoms with Crippen LogP contribution >= 0.6 is 0 Å². The van der Waals surface area contributed by atoms with E-state index < -0.39 is 0 Å². The largest absolute Gasteiger partial charge is 0.493 e. The zero-order valence-corrected chi connectivity index (χ0v) is 12.3. The SMILES string of the molecule is COc1cc(-c2ncncc2C(C)=O)cc(OC)c1OC. The lowest BCUT2D eigenvalue weighted by Gasteiger charge is -2.14. The van der Waals surface area contributed by atoms with Crippen molar-refractivity contribution in [1.82, 2.24) is 9.97 Å². The van der Waals surface area contributed by atoms with Gasteiger partial charge in [0.15, 0.2) is 17.3 Å². The summed E-state index contributed by atoms with van der Waals surface area (Å²) in [6.45, 7) is 1.47. The number of aromatic nitrogens is 2. The Balaban J connectivity index is 2.68. The highest BCUT2D eigenvalue weighted by Gasteiger charge is 2.17. The third kappa shape index (κ3) is 2.79. The van der Waals surface area contributed by atoms with E-state index in [9.17, 15) is 4.79 Å². The molecular weight excluding hydrogens is 272 g/mol. The molecule has 0 saturated carbocycles. The smallest absolute Gasteiger partial charge is 0.203 e. The van der Waals surface area contributed by atoms with Crippen LogP contribution < -0.4 is 14.2 Å². The molecule has 21 heavy (non-hydrogen) atoms. The van der Waals surface area contributed by atoms with E-state index >= 15 is 0 Å². The Morgan fingerprint density at radius 1 is 1.05 bits per heavy atom. The number of Topliss-reactive ketones (excluding diaryl/α,β-unsaturated/α-hetero) is 1. The maximum atomic E-state index is 11.7. The van der Waals surface area contributed by atoms with E-state index in [4.69, 9.17) is 14.2 Å². The molecule has 6 heteroatoms. The molecule has 6 nitrogen and oxygen atoms in total. The van der Waals surface area contributed by atoms with Crippen LogP contribution in [-0.2, 0) is 0 Å². The van der Waals surface area contributed by atoms with Gasteiger partial charge in [-0.15, -0.1) is 0 Å². The van der Waals surface area contributed by atoms with E-state index in [0.717, 1.165) is 0 Å². The second-order valence-electron chi connectivity index (χ2n) is 4.26. The van der Waals surface area contributed by atoms with Crippen molar-refractivity contribution in [1.29, 1.82) is 0 Å². The third-order valence-electron chi connectivity index (χ3n) is 3.03. The first kappa shape index (κ1) is 14.8. The van der Waals surface area contributed by atoms with Crippen molar-refractivity contribution in [3.63, 3.8) is 0 Å². The van der Waals surface area contributed by atoms with Crippen molar-refractivity contribution >= 4 is 5.78 Å². The fourth-order valence-corrected chi connectivity index (χ4v) is 2.04. The second kappa shape index (κ2) is 6.21. The van der Waals surface area contributed by atoms with Crippen LogP contribution in [0.5, 0.6) is 17.2 Å². The number of benzene rings is 1. The molecule has 0 radical (unpaired) electrons. The summed E-state index contributed by atoms with van der Waals surface area (Å²) >= 11 is 0. The minimum atomic E-state index is -0.112. The minimum absolute atomic E-state index is 0.112. The molecule has 0 spiro atoms. The summed E-state index contributed by atoms with van der Waals surface area (Å²) in [4.78, 5) is 19.8. The highest BCUT2D eigenvalue weighted by Crippen LogP contribution is 2.41. The summed E-state index contributed by atoms with van der Waals surface area (Å²) in [6.07, 6.45) is 2.89. The lowest BCUT2D eigenvalue weighted by molar-refractivity contribution is 0.101. The molecule has 0 N–H and O–H groups in total. The Morgan fingerprint density at radius 3 is 2.14 bits per heavy atom. The second-order valence-corrected chi connectivity index (χ2v) is 4.26. The Morgan fingerprint density at radius 2 is 1.67 bits per heavy atom. The summed E-state index contributed by atoms with van der Waals surface area (Å²) in [5, 5.41) is 0. The Bertz CT molecular complexity index is 645. The van der Waals surface area contributed by atoms with Gasteiger partial charge in [0.1, 0.15) is 6.33 Å². The number of nitrogens with zero attached hydrogens (tertiary/aromatic N) is 2. The maximum absolute atomic E-state index is 11.7. The van der Waals surface area contributed by atoms with Gasteiger partial charge < -0.3 is 14.2 Å². The standard InChI is InChI=1S/C15H16N2O4/c1-9(18)11-7-16-8-17-14(11)10-5-12(19-2)15(21-4)13(6-10)20-3/h5-8H,1-4H3. The van der Waals surface area contributed by atoms with Gasteiger partial charge >= 0.3 is 0 Å². The molecule has 0 unspecified atom stereocenters. The Labute approximate surface area is 122 Å². The number of carbonyl (C=O) groups is 1.